The SMILES string of the molecule is CC(C)[C@H]1CCN(C(=O)[C@@H](NC(=O)NC(C)(C)C)C(C)(C)C)[C@@H]1C(=O)NC1CC2CCC2=C(N)C1=O. The van der Waals surface area contributed by atoms with E-state index in [0.717, 1.165) is 18.4 Å². The molecule has 3 rings (SSSR count). The second-order valence-electron chi connectivity index (χ2n) is 13.2. The van der Waals surface area contributed by atoms with Gasteiger partial charge in [0.1, 0.15) is 12.1 Å². The molecule has 1 heterocycles. The molecule has 2 aliphatic carbocycles. The Morgan fingerprint density at radius 1 is 1.06 bits per heavy atom. The van der Waals surface area contributed by atoms with Gasteiger partial charge in [0, 0.05) is 12.1 Å². The van der Waals surface area contributed by atoms with E-state index < -0.39 is 35.1 Å². The van der Waals surface area contributed by atoms with E-state index in [4.69, 9.17) is 5.73 Å². The van der Waals surface area contributed by atoms with E-state index in [0.29, 0.717) is 25.1 Å². The molecule has 0 aromatic heterocycles. The Kier molecular flexibility index (Phi) is 7.82. The molecule has 1 aliphatic heterocycles. The largest absolute Gasteiger partial charge is 0.396 e. The lowest BCUT2D eigenvalue weighted by molar-refractivity contribution is -0.143. The number of amides is 4. The van der Waals surface area contributed by atoms with Crippen molar-refractivity contribution in [3.8, 4) is 0 Å². The van der Waals surface area contributed by atoms with Gasteiger partial charge in [0.05, 0.1) is 11.7 Å². The van der Waals surface area contributed by atoms with Crippen LogP contribution in [0.2, 0.25) is 0 Å². The average molecular weight is 504 g/mol. The number of hydrogen-bond donors (Lipinski definition) is 4. The number of nitrogens with one attached hydrogen (secondary N) is 3. The van der Waals surface area contributed by atoms with Gasteiger partial charge in [-0.05, 0) is 75.2 Å². The summed E-state index contributed by atoms with van der Waals surface area (Å²) in [6.45, 7) is 15.8. The quantitative estimate of drug-likeness (QED) is 0.457. The molecule has 0 radical (unpaired) electrons. The molecule has 1 saturated heterocycles. The lowest BCUT2D eigenvalue weighted by Crippen LogP contribution is -2.62. The molecule has 5 atom stereocenters. The summed E-state index contributed by atoms with van der Waals surface area (Å²) < 4.78 is 0. The summed E-state index contributed by atoms with van der Waals surface area (Å²) in [6.07, 6.45) is 3.08. The molecule has 4 amide bonds. The summed E-state index contributed by atoms with van der Waals surface area (Å²) >= 11 is 0. The monoisotopic (exact) mass is 503 g/mol. The maximum Gasteiger partial charge on any atom is 0.315 e. The predicted molar refractivity (Wildman–Crippen MR) is 139 cm³/mol. The van der Waals surface area contributed by atoms with Crippen LogP contribution in [0.5, 0.6) is 0 Å². The Balaban J connectivity index is 1.82. The highest BCUT2D eigenvalue weighted by molar-refractivity contribution is 6.03. The summed E-state index contributed by atoms with van der Waals surface area (Å²) in [4.78, 5) is 54.7. The number of likely N-dealkylation sites (tertiary alicyclic amines) is 1. The van der Waals surface area contributed by atoms with E-state index >= 15 is 0 Å². The first kappa shape index (κ1) is 28.0. The number of rotatable bonds is 5. The minimum absolute atomic E-state index is 0.0520. The van der Waals surface area contributed by atoms with E-state index in [2.05, 4.69) is 16.0 Å². The summed E-state index contributed by atoms with van der Waals surface area (Å²) in [5.41, 5.74) is 6.36. The first-order valence-corrected chi connectivity index (χ1v) is 13.2. The Morgan fingerprint density at radius 2 is 1.69 bits per heavy atom. The van der Waals surface area contributed by atoms with Gasteiger partial charge in [-0.2, -0.15) is 0 Å². The summed E-state index contributed by atoms with van der Waals surface area (Å²) in [7, 11) is 0. The van der Waals surface area contributed by atoms with Gasteiger partial charge in [0.25, 0.3) is 0 Å². The fourth-order valence-corrected chi connectivity index (χ4v) is 5.65. The standard InChI is InChI=1S/C27H45N5O4/c1-14(2)16-11-12-32(24(35)22(26(3,4)5)30-25(36)31-27(6,7)8)20(16)23(34)29-18-13-15-9-10-17(15)19(28)21(18)33/h14-16,18,20,22H,9-13,28H2,1-8H3,(H,29,34)(H2,30,31,36)/t15?,16-,18?,20+,22-/m1/s1. The molecule has 1 saturated carbocycles. The number of Topliss-reactive ketones (excluding diaryl/α,β-unsaturated/α-hetero) is 1. The van der Waals surface area contributed by atoms with Crippen molar-refractivity contribution < 1.29 is 19.2 Å². The van der Waals surface area contributed by atoms with Crippen molar-refractivity contribution in [3.05, 3.63) is 11.3 Å². The average Bonchev–Trinajstić information content (AvgIpc) is 3.15. The Labute approximate surface area is 215 Å². The number of nitrogens with zero attached hydrogens (tertiary/aromatic N) is 1. The summed E-state index contributed by atoms with van der Waals surface area (Å²) in [5.74, 6) is -0.464. The van der Waals surface area contributed by atoms with Crippen LogP contribution in [0.4, 0.5) is 4.79 Å². The number of urea groups is 1. The Bertz CT molecular complexity index is 943. The molecular weight excluding hydrogens is 458 g/mol. The van der Waals surface area contributed by atoms with Crippen LogP contribution >= 0.6 is 0 Å². The Hall–Kier alpha value is -2.58. The molecule has 3 aliphatic rings. The lowest BCUT2D eigenvalue weighted by atomic mass is 9.69. The van der Waals surface area contributed by atoms with Crippen LogP contribution in [0.3, 0.4) is 0 Å². The molecule has 0 spiro atoms. The van der Waals surface area contributed by atoms with Gasteiger partial charge in [0.2, 0.25) is 17.6 Å². The van der Waals surface area contributed by atoms with Crippen molar-refractivity contribution in [2.24, 2.45) is 28.9 Å². The van der Waals surface area contributed by atoms with Crippen molar-refractivity contribution in [1.29, 1.82) is 0 Å². The third kappa shape index (κ3) is 5.86. The number of carbonyl (C=O) groups is 4. The van der Waals surface area contributed by atoms with Gasteiger partial charge in [-0.25, -0.2) is 4.79 Å². The minimum Gasteiger partial charge on any atom is -0.396 e. The molecule has 9 nitrogen and oxygen atoms in total. The molecule has 0 aromatic rings. The number of hydrogen-bond acceptors (Lipinski definition) is 5. The zero-order valence-corrected chi connectivity index (χ0v) is 23.2. The van der Waals surface area contributed by atoms with Gasteiger partial charge in [0.15, 0.2) is 0 Å². The maximum atomic E-state index is 13.9. The van der Waals surface area contributed by atoms with Crippen molar-refractivity contribution in [3.63, 3.8) is 0 Å². The van der Waals surface area contributed by atoms with E-state index in [9.17, 15) is 19.2 Å². The summed E-state index contributed by atoms with van der Waals surface area (Å²) in [5, 5.41) is 8.66. The molecule has 5 N–H and O–H groups in total. The molecule has 202 valence electrons. The fourth-order valence-electron chi connectivity index (χ4n) is 5.65. The van der Waals surface area contributed by atoms with Crippen LogP contribution in [0.15, 0.2) is 11.3 Å². The topological polar surface area (TPSA) is 134 Å². The molecule has 9 heteroatoms. The predicted octanol–water partition coefficient (Wildman–Crippen LogP) is 2.45. The number of allylic oxidation sites excluding steroid dienone is 1. The van der Waals surface area contributed by atoms with Crippen LogP contribution in [0, 0.1) is 23.2 Å². The van der Waals surface area contributed by atoms with Crippen LogP contribution in [0.1, 0.15) is 81.1 Å². The highest BCUT2D eigenvalue weighted by Crippen LogP contribution is 2.42. The van der Waals surface area contributed by atoms with Crippen molar-refractivity contribution in [2.45, 2.75) is 105 Å². The van der Waals surface area contributed by atoms with Gasteiger partial charge < -0.3 is 26.6 Å². The molecule has 0 aromatic carbocycles. The molecule has 0 bridgehead atoms. The van der Waals surface area contributed by atoms with Gasteiger partial charge in [-0.3, -0.25) is 14.4 Å². The van der Waals surface area contributed by atoms with E-state index in [1.165, 1.54) is 0 Å². The fraction of sp³-hybridized carbons (Fsp3) is 0.778. The first-order valence-electron chi connectivity index (χ1n) is 13.2. The number of fused-ring (bicyclic) bond motifs is 1. The van der Waals surface area contributed by atoms with Crippen molar-refractivity contribution in [1.82, 2.24) is 20.9 Å². The Morgan fingerprint density at radius 3 is 2.19 bits per heavy atom. The summed E-state index contributed by atoms with van der Waals surface area (Å²) in [6, 6.07) is -2.63. The molecular formula is C27H45N5O4. The second-order valence-corrected chi connectivity index (χ2v) is 13.2. The smallest absolute Gasteiger partial charge is 0.315 e. The van der Waals surface area contributed by atoms with Gasteiger partial charge in [-0.1, -0.05) is 34.6 Å². The minimum atomic E-state index is -0.825. The highest BCUT2D eigenvalue weighted by atomic mass is 16.2. The van der Waals surface area contributed by atoms with Crippen LogP contribution in [-0.4, -0.2) is 58.7 Å². The van der Waals surface area contributed by atoms with E-state index in [-0.39, 0.29) is 35.4 Å². The molecule has 36 heavy (non-hydrogen) atoms. The van der Waals surface area contributed by atoms with Gasteiger partial charge in [-0.15, -0.1) is 0 Å². The van der Waals surface area contributed by atoms with Crippen LogP contribution in [-0.2, 0) is 14.4 Å². The first-order chi connectivity index (χ1) is 16.5. The third-order valence-corrected chi connectivity index (χ3v) is 7.75. The zero-order valence-electron chi connectivity index (χ0n) is 23.2. The lowest BCUT2D eigenvalue weighted by Gasteiger charge is -2.40. The van der Waals surface area contributed by atoms with Gasteiger partial charge >= 0.3 is 6.03 Å². The molecule has 2 fully saturated rings. The second kappa shape index (κ2) is 10.1. The van der Waals surface area contributed by atoms with E-state index in [1.54, 1.807) is 4.90 Å². The normalized spacial score (nSPS) is 27.4. The van der Waals surface area contributed by atoms with Crippen molar-refractivity contribution in [2.75, 3.05) is 6.54 Å². The third-order valence-electron chi connectivity index (χ3n) is 7.75. The maximum absolute atomic E-state index is 13.9. The number of ketones is 1. The van der Waals surface area contributed by atoms with Crippen LogP contribution in [0.25, 0.3) is 0 Å². The van der Waals surface area contributed by atoms with Crippen LogP contribution < -0.4 is 21.7 Å². The highest BCUT2D eigenvalue weighted by Gasteiger charge is 2.48. The number of carbonyl (C=O) groups excluding carboxylic acids is 4. The van der Waals surface area contributed by atoms with Crippen molar-refractivity contribution >= 4 is 23.6 Å². The number of nitrogens with two attached hydrogens (primary N) is 1. The molecule has 2 unspecified atom stereocenters. The van der Waals surface area contributed by atoms with E-state index in [1.807, 2.05) is 55.4 Å². The zero-order chi connectivity index (χ0) is 27.2.